The van der Waals surface area contributed by atoms with E-state index in [-0.39, 0.29) is 11.9 Å². The molecule has 7 nitrogen and oxygen atoms in total. The van der Waals surface area contributed by atoms with E-state index in [1.807, 2.05) is 49.1 Å². The van der Waals surface area contributed by atoms with Crippen molar-refractivity contribution in [3.05, 3.63) is 58.3 Å². The van der Waals surface area contributed by atoms with Crippen molar-refractivity contribution in [1.82, 2.24) is 14.7 Å². The van der Waals surface area contributed by atoms with Crippen molar-refractivity contribution in [1.29, 1.82) is 0 Å². The number of benzene rings is 2. The lowest BCUT2D eigenvalue weighted by Gasteiger charge is -2.37. The molecule has 3 aromatic rings. The van der Waals surface area contributed by atoms with Crippen LogP contribution in [0, 0.1) is 6.92 Å². The molecule has 2 aromatic carbocycles. The van der Waals surface area contributed by atoms with Gasteiger partial charge in [0.15, 0.2) is 0 Å². The molecule has 35 heavy (non-hydrogen) atoms. The van der Waals surface area contributed by atoms with Crippen LogP contribution >= 0.6 is 0 Å². The zero-order chi connectivity index (χ0) is 24.4. The fourth-order valence-electron chi connectivity index (χ4n) is 5.81. The molecular weight excluding hydrogens is 442 g/mol. The highest BCUT2D eigenvalue weighted by Crippen LogP contribution is 2.43. The van der Waals surface area contributed by atoms with Crippen molar-refractivity contribution in [2.24, 2.45) is 0 Å². The van der Waals surface area contributed by atoms with E-state index in [0.717, 1.165) is 48.1 Å². The molecule has 0 saturated carbocycles. The lowest BCUT2D eigenvalue weighted by Crippen LogP contribution is -2.54. The first-order valence-corrected chi connectivity index (χ1v) is 12.3. The fraction of sp³-hybridized carbons (Fsp3) is 0.393. The minimum Gasteiger partial charge on any atom is -0.459 e. The number of fused-ring (bicyclic) bond motifs is 7. The number of rotatable bonds is 2. The summed E-state index contributed by atoms with van der Waals surface area (Å²) in [6.45, 7) is 8.31. The third-order valence-electron chi connectivity index (χ3n) is 7.99. The van der Waals surface area contributed by atoms with Crippen LogP contribution in [-0.4, -0.2) is 78.0 Å². The van der Waals surface area contributed by atoms with Crippen LogP contribution in [-0.2, 0) is 17.8 Å². The number of hydrogen-bond acceptors (Lipinski definition) is 6. The molecule has 1 amide bonds. The minimum atomic E-state index is -0.485. The van der Waals surface area contributed by atoms with Gasteiger partial charge in [0.05, 0.1) is 18.2 Å². The lowest BCUT2D eigenvalue weighted by atomic mass is 9.82. The first-order chi connectivity index (χ1) is 16.8. The van der Waals surface area contributed by atoms with Gasteiger partial charge in [-0.2, -0.15) is 0 Å². The van der Waals surface area contributed by atoms with Gasteiger partial charge in [-0.1, -0.05) is 24.3 Å². The quantitative estimate of drug-likeness (QED) is 0.534. The Hall–Kier alpha value is -3.29. The normalized spacial score (nSPS) is 19.5. The zero-order valence-corrected chi connectivity index (χ0v) is 20.4. The number of hydrogen-bond donors (Lipinski definition) is 0. The first-order valence-electron chi connectivity index (χ1n) is 12.3. The molecule has 3 aliphatic rings. The summed E-state index contributed by atoms with van der Waals surface area (Å²) < 4.78 is 6.33. The highest BCUT2D eigenvalue weighted by molar-refractivity contribution is 6.54. The summed E-state index contributed by atoms with van der Waals surface area (Å²) >= 11 is 0. The summed E-state index contributed by atoms with van der Waals surface area (Å²) in [5.74, 6) is 0.377. The summed E-state index contributed by atoms with van der Waals surface area (Å²) in [6, 6.07) is 9.44. The number of ketones is 2. The van der Waals surface area contributed by atoms with Gasteiger partial charge in [0.2, 0.25) is 17.5 Å². The molecule has 1 aliphatic carbocycles. The molecule has 0 N–H and O–H groups in total. The van der Waals surface area contributed by atoms with Crippen LogP contribution in [0.1, 0.15) is 44.5 Å². The topological polar surface area (TPSA) is 74.1 Å². The molecule has 2 aliphatic heterocycles. The summed E-state index contributed by atoms with van der Waals surface area (Å²) in [5.41, 5.74) is 3.42. The summed E-state index contributed by atoms with van der Waals surface area (Å²) in [4.78, 5) is 46.1. The van der Waals surface area contributed by atoms with Gasteiger partial charge in [-0.25, -0.2) is 0 Å². The minimum absolute atomic E-state index is 0.135. The number of piperazine rings is 1. The van der Waals surface area contributed by atoms with Gasteiger partial charge < -0.3 is 14.2 Å². The Kier molecular flexibility index (Phi) is 5.16. The van der Waals surface area contributed by atoms with E-state index in [2.05, 4.69) is 16.8 Å². The van der Waals surface area contributed by atoms with Crippen molar-refractivity contribution in [3.8, 4) is 11.3 Å². The average Bonchev–Trinajstić information content (AvgIpc) is 3.25. The van der Waals surface area contributed by atoms with Crippen molar-refractivity contribution >= 4 is 28.2 Å². The molecule has 1 saturated heterocycles. The molecule has 0 radical (unpaired) electrons. The molecule has 6 rings (SSSR count). The number of carbonyl (C=O) groups excluding carboxylic acids is 3. The number of furan rings is 1. The predicted octanol–water partition coefficient (Wildman–Crippen LogP) is 3.31. The van der Waals surface area contributed by atoms with Crippen molar-refractivity contribution < 1.29 is 18.8 Å². The van der Waals surface area contributed by atoms with Crippen LogP contribution in [0.5, 0.6) is 0 Å². The van der Waals surface area contributed by atoms with Gasteiger partial charge in [-0.15, -0.1) is 0 Å². The van der Waals surface area contributed by atoms with Gasteiger partial charge in [0.25, 0.3) is 0 Å². The van der Waals surface area contributed by atoms with E-state index in [0.29, 0.717) is 47.7 Å². The van der Waals surface area contributed by atoms with Crippen LogP contribution in [0.25, 0.3) is 22.1 Å². The third kappa shape index (κ3) is 3.37. The van der Waals surface area contributed by atoms with Crippen molar-refractivity contribution in [2.75, 3.05) is 39.8 Å². The van der Waals surface area contributed by atoms with Crippen LogP contribution in [0.2, 0.25) is 0 Å². The zero-order valence-electron chi connectivity index (χ0n) is 20.4. The molecule has 1 aromatic heterocycles. The molecule has 180 valence electrons. The summed E-state index contributed by atoms with van der Waals surface area (Å²) in [6.07, 6.45) is 0.579. The van der Waals surface area contributed by atoms with Crippen LogP contribution in [0.3, 0.4) is 0 Å². The van der Waals surface area contributed by atoms with Crippen molar-refractivity contribution in [3.63, 3.8) is 0 Å². The van der Waals surface area contributed by atoms with Gasteiger partial charge in [-0.3, -0.25) is 19.3 Å². The largest absolute Gasteiger partial charge is 0.459 e. The van der Waals surface area contributed by atoms with E-state index in [9.17, 15) is 14.4 Å². The van der Waals surface area contributed by atoms with Crippen LogP contribution in [0.4, 0.5) is 0 Å². The fourth-order valence-corrected chi connectivity index (χ4v) is 5.81. The molecule has 0 unspecified atom stereocenters. The van der Waals surface area contributed by atoms with Crippen LogP contribution < -0.4 is 0 Å². The molecular formula is C28H29N3O4. The lowest BCUT2D eigenvalue weighted by molar-refractivity contribution is -0.138. The maximum Gasteiger partial charge on any atom is 0.239 e. The number of nitrogens with zero attached hydrogens (tertiary/aromatic N) is 3. The Balaban J connectivity index is 1.35. The number of amides is 1. The molecule has 3 heterocycles. The molecule has 1 atom stereocenters. The average molecular weight is 472 g/mol. The van der Waals surface area contributed by atoms with E-state index in [4.69, 9.17) is 4.42 Å². The van der Waals surface area contributed by atoms with E-state index < -0.39 is 11.6 Å². The Labute approximate surface area is 204 Å². The summed E-state index contributed by atoms with van der Waals surface area (Å²) in [5, 5.41) is 1.75. The van der Waals surface area contributed by atoms with E-state index >= 15 is 0 Å². The second-order valence-electron chi connectivity index (χ2n) is 10.0. The Bertz CT molecular complexity index is 1400. The first kappa shape index (κ1) is 22.2. The van der Waals surface area contributed by atoms with E-state index in [1.165, 1.54) is 0 Å². The monoisotopic (exact) mass is 471 g/mol. The van der Waals surface area contributed by atoms with Gasteiger partial charge in [0, 0.05) is 49.4 Å². The number of aryl methyl sites for hydroxylation is 1. The second kappa shape index (κ2) is 8.14. The summed E-state index contributed by atoms with van der Waals surface area (Å²) in [7, 11) is 2.07. The Morgan fingerprint density at radius 3 is 2.46 bits per heavy atom. The molecule has 0 bridgehead atoms. The highest BCUT2D eigenvalue weighted by atomic mass is 16.3. The standard InChI is InChI=1S/C28H29N3O4/c1-16-5-4-6-19-18(16)7-8-21-23(19)25(32)26(33)24-20-9-10-31(15-22(20)35-27(21)24)17(2)28(34)30-13-11-29(3)12-14-30/h4-8,17H,9-15H2,1-3H3/t17-/m0/s1. The Morgan fingerprint density at radius 2 is 1.69 bits per heavy atom. The van der Waals surface area contributed by atoms with Gasteiger partial charge in [-0.05, 0) is 49.7 Å². The highest BCUT2D eigenvalue weighted by Gasteiger charge is 2.40. The second-order valence-corrected chi connectivity index (χ2v) is 10.0. The third-order valence-corrected chi connectivity index (χ3v) is 7.99. The Morgan fingerprint density at radius 1 is 0.943 bits per heavy atom. The van der Waals surface area contributed by atoms with Gasteiger partial charge in [0.1, 0.15) is 11.5 Å². The predicted molar refractivity (Wildman–Crippen MR) is 133 cm³/mol. The molecule has 1 fully saturated rings. The maximum atomic E-state index is 13.3. The maximum absolute atomic E-state index is 13.3. The molecule has 7 heteroatoms. The SMILES string of the molecule is Cc1cccc2c3c(ccc12)-c1oc2c(c1C(=O)C3=O)CCN([C@@H](C)C(=O)N1CCN(C)CC1)C2. The number of carbonyl (C=O) groups is 3. The number of Topliss-reactive ketones (excluding diaryl/α,β-unsaturated/α-hetero) is 2. The van der Waals surface area contributed by atoms with Crippen LogP contribution in [0.15, 0.2) is 34.7 Å². The van der Waals surface area contributed by atoms with E-state index in [1.54, 1.807) is 0 Å². The van der Waals surface area contributed by atoms with Gasteiger partial charge >= 0.3 is 0 Å². The molecule has 0 spiro atoms. The number of likely N-dealkylation sites (N-methyl/N-ethyl adjacent to an activating group) is 1. The smallest absolute Gasteiger partial charge is 0.239 e. The van der Waals surface area contributed by atoms with Crippen molar-refractivity contribution in [2.45, 2.75) is 32.9 Å².